The lowest BCUT2D eigenvalue weighted by Crippen LogP contribution is -2.25. The molecule has 0 spiro atoms. The first kappa shape index (κ1) is 18.9. The van der Waals surface area contributed by atoms with Crippen LogP contribution >= 0.6 is 23.1 Å². The number of benzene rings is 2. The molecule has 1 N–H and O–H groups in total. The minimum absolute atomic E-state index is 0.169. The van der Waals surface area contributed by atoms with Crippen molar-refractivity contribution in [3.05, 3.63) is 70.4 Å². The van der Waals surface area contributed by atoms with Crippen molar-refractivity contribution in [2.24, 2.45) is 0 Å². The quantitative estimate of drug-likeness (QED) is 0.560. The van der Waals surface area contributed by atoms with E-state index in [0.717, 1.165) is 16.2 Å². The van der Waals surface area contributed by atoms with Gasteiger partial charge >= 0.3 is 0 Å². The number of thioether (sulfide) groups is 1. The predicted octanol–water partition coefficient (Wildman–Crippen LogP) is 4.85. The maximum absolute atomic E-state index is 14.2. The first-order valence-corrected chi connectivity index (χ1v) is 10.3. The van der Waals surface area contributed by atoms with Crippen molar-refractivity contribution in [1.29, 1.82) is 0 Å². The number of hydrogen-bond donors (Lipinski definition) is 1. The molecular weight excluding hydrogens is 369 g/mol. The van der Waals surface area contributed by atoms with Gasteiger partial charge < -0.3 is 10.1 Å². The minimum Gasteiger partial charge on any atom is -0.380 e. The molecule has 1 amide bonds. The molecule has 1 aromatic heterocycles. The van der Waals surface area contributed by atoms with Gasteiger partial charge in [-0.1, -0.05) is 36.4 Å². The summed E-state index contributed by atoms with van der Waals surface area (Å²) in [6, 6.07) is 15.1. The minimum atomic E-state index is -0.316. The molecule has 0 saturated carbocycles. The molecule has 0 aliphatic carbocycles. The van der Waals surface area contributed by atoms with Crippen LogP contribution in [0.15, 0.2) is 48.5 Å². The lowest BCUT2D eigenvalue weighted by Gasteiger charge is -2.06. The lowest BCUT2D eigenvalue weighted by atomic mass is 10.1. The van der Waals surface area contributed by atoms with Crippen molar-refractivity contribution >= 4 is 39.1 Å². The fourth-order valence-corrected chi connectivity index (χ4v) is 4.67. The molecule has 0 saturated heterocycles. The van der Waals surface area contributed by atoms with Gasteiger partial charge in [-0.25, -0.2) is 4.39 Å². The number of fused-ring (bicyclic) bond motifs is 1. The second-order valence-electron chi connectivity index (χ2n) is 5.75. The zero-order valence-corrected chi connectivity index (χ0v) is 16.1. The van der Waals surface area contributed by atoms with E-state index in [4.69, 9.17) is 4.74 Å². The van der Waals surface area contributed by atoms with Crippen LogP contribution in [0.4, 0.5) is 4.39 Å². The molecule has 3 aromatic rings. The van der Waals surface area contributed by atoms with Crippen molar-refractivity contribution < 1.29 is 13.9 Å². The van der Waals surface area contributed by atoms with Gasteiger partial charge in [-0.05, 0) is 17.7 Å². The van der Waals surface area contributed by atoms with Crippen molar-refractivity contribution in [2.45, 2.75) is 12.4 Å². The van der Waals surface area contributed by atoms with Crippen LogP contribution in [-0.2, 0) is 17.1 Å². The number of methoxy groups -OCH3 is 1. The van der Waals surface area contributed by atoms with Gasteiger partial charge in [-0.15, -0.1) is 11.3 Å². The number of hydrogen-bond acceptors (Lipinski definition) is 4. The monoisotopic (exact) mass is 389 g/mol. The number of ether oxygens (including phenoxy) is 1. The number of thiophene rings is 1. The molecule has 0 fully saturated rings. The zero-order chi connectivity index (χ0) is 18.4. The Morgan fingerprint density at radius 1 is 1.19 bits per heavy atom. The van der Waals surface area contributed by atoms with E-state index < -0.39 is 0 Å². The SMILES string of the molecule is COCc1c(C(=O)NCCSCc2ccccc2)sc2cccc(F)c12. The normalized spacial score (nSPS) is 11.0. The van der Waals surface area contributed by atoms with Gasteiger partial charge in [0.1, 0.15) is 5.82 Å². The summed E-state index contributed by atoms with van der Waals surface area (Å²) in [5.41, 5.74) is 1.89. The maximum Gasteiger partial charge on any atom is 0.261 e. The van der Waals surface area contributed by atoms with Gasteiger partial charge in [0.25, 0.3) is 5.91 Å². The van der Waals surface area contributed by atoms with Crippen molar-refractivity contribution in [1.82, 2.24) is 5.32 Å². The van der Waals surface area contributed by atoms with Gasteiger partial charge in [0, 0.05) is 40.8 Å². The molecule has 1 heterocycles. The van der Waals surface area contributed by atoms with E-state index in [-0.39, 0.29) is 18.3 Å². The number of halogens is 1. The van der Waals surface area contributed by atoms with Crippen molar-refractivity contribution in [3.63, 3.8) is 0 Å². The van der Waals surface area contributed by atoms with Crippen LogP contribution in [0.3, 0.4) is 0 Å². The summed E-state index contributed by atoms with van der Waals surface area (Å²) < 4.78 is 20.1. The second kappa shape index (κ2) is 9.16. The van der Waals surface area contributed by atoms with Crippen molar-refractivity contribution in [3.8, 4) is 0 Å². The summed E-state index contributed by atoms with van der Waals surface area (Å²) in [5.74, 6) is 1.25. The zero-order valence-electron chi connectivity index (χ0n) is 14.5. The number of rotatable bonds is 8. The fraction of sp³-hybridized carbons (Fsp3) is 0.250. The molecule has 6 heteroatoms. The van der Waals surface area contributed by atoms with Crippen LogP contribution in [0.1, 0.15) is 20.8 Å². The topological polar surface area (TPSA) is 38.3 Å². The van der Waals surface area contributed by atoms with E-state index >= 15 is 0 Å². The van der Waals surface area contributed by atoms with Crippen LogP contribution in [0.5, 0.6) is 0 Å². The van der Waals surface area contributed by atoms with E-state index in [1.54, 1.807) is 24.9 Å². The molecule has 0 bridgehead atoms. The number of amides is 1. The van der Waals surface area contributed by atoms with Gasteiger partial charge in [0.2, 0.25) is 0 Å². The lowest BCUT2D eigenvalue weighted by molar-refractivity contribution is 0.0956. The third-order valence-corrected chi connectivity index (χ3v) is 6.13. The Hall–Kier alpha value is -1.89. The summed E-state index contributed by atoms with van der Waals surface area (Å²) in [4.78, 5) is 13.1. The highest BCUT2D eigenvalue weighted by Gasteiger charge is 2.20. The molecule has 3 nitrogen and oxygen atoms in total. The predicted molar refractivity (Wildman–Crippen MR) is 107 cm³/mol. The Balaban J connectivity index is 1.61. The van der Waals surface area contributed by atoms with Gasteiger partial charge in [0.05, 0.1) is 11.5 Å². The third-order valence-electron chi connectivity index (χ3n) is 3.90. The van der Waals surface area contributed by atoms with Crippen LogP contribution in [0, 0.1) is 5.82 Å². The number of nitrogens with one attached hydrogen (secondary N) is 1. The smallest absolute Gasteiger partial charge is 0.261 e. The first-order chi connectivity index (χ1) is 12.7. The molecule has 0 unspecified atom stereocenters. The molecule has 0 aliphatic heterocycles. The average molecular weight is 390 g/mol. The highest BCUT2D eigenvalue weighted by Crippen LogP contribution is 2.33. The van der Waals surface area contributed by atoms with Crippen LogP contribution < -0.4 is 5.32 Å². The average Bonchev–Trinajstić information content (AvgIpc) is 3.02. The van der Waals surface area contributed by atoms with Crippen LogP contribution in [0.25, 0.3) is 10.1 Å². The number of carbonyl (C=O) groups excluding carboxylic acids is 1. The van der Waals surface area contributed by atoms with E-state index in [0.29, 0.717) is 22.4 Å². The first-order valence-electron chi connectivity index (χ1n) is 8.29. The van der Waals surface area contributed by atoms with Crippen LogP contribution in [0.2, 0.25) is 0 Å². The highest BCUT2D eigenvalue weighted by molar-refractivity contribution is 7.98. The largest absolute Gasteiger partial charge is 0.380 e. The summed E-state index contributed by atoms with van der Waals surface area (Å²) in [6.07, 6.45) is 0. The fourth-order valence-electron chi connectivity index (χ4n) is 2.71. The molecular formula is C20H20FNO2S2. The summed E-state index contributed by atoms with van der Waals surface area (Å²) in [6.45, 7) is 0.784. The Morgan fingerprint density at radius 3 is 2.77 bits per heavy atom. The molecule has 26 heavy (non-hydrogen) atoms. The third kappa shape index (κ3) is 4.44. The maximum atomic E-state index is 14.2. The van der Waals surface area contributed by atoms with Crippen molar-refractivity contribution in [2.75, 3.05) is 19.4 Å². The summed E-state index contributed by atoms with van der Waals surface area (Å²) in [7, 11) is 1.55. The second-order valence-corrected chi connectivity index (χ2v) is 7.91. The molecule has 0 radical (unpaired) electrons. The van der Waals surface area contributed by atoms with E-state index in [1.165, 1.54) is 23.0 Å². The van der Waals surface area contributed by atoms with Crippen LogP contribution in [-0.4, -0.2) is 25.3 Å². The molecule has 0 atom stereocenters. The van der Waals surface area contributed by atoms with E-state index in [1.807, 2.05) is 24.3 Å². The Bertz CT molecular complexity index is 880. The summed E-state index contributed by atoms with van der Waals surface area (Å²) >= 11 is 3.08. The summed E-state index contributed by atoms with van der Waals surface area (Å²) in [5, 5.41) is 3.43. The molecule has 2 aromatic carbocycles. The Kier molecular flexibility index (Phi) is 6.66. The highest BCUT2D eigenvalue weighted by atomic mass is 32.2. The molecule has 0 aliphatic rings. The Morgan fingerprint density at radius 2 is 2.00 bits per heavy atom. The number of carbonyl (C=O) groups is 1. The molecule has 136 valence electrons. The van der Waals surface area contributed by atoms with Gasteiger partial charge in [-0.3, -0.25) is 4.79 Å². The van der Waals surface area contributed by atoms with Gasteiger partial charge in [0.15, 0.2) is 0 Å². The molecule has 3 rings (SSSR count). The Labute approximate surface area is 160 Å². The standard InChI is InChI=1S/C20H20FNO2S2/c1-24-12-15-18-16(21)8-5-9-17(18)26-19(15)20(23)22-10-11-25-13-14-6-3-2-4-7-14/h2-9H,10-13H2,1H3,(H,22,23). The van der Waals surface area contributed by atoms with E-state index in [2.05, 4.69) is 17.4 Å². The van der Waals surface area contributed by atoms with Gasteiger partial charge in [-0.2, -0.15) is 11.8 Å². The van der Waals surface area contributed by atoms with E-state index in [9.17, 15) is 9.18 Å².